The van der Waals surface area contributed by atoms with Gasteiger partial charge < -0.3 is 10.2 Å². The molecule has 4 heteroatoms. The summed E-state index contributed by atoms with van der Waals surface area (Å²) >= 11 is 0. The second-order valence-corrected chi connectivity index (χ2v) is 3.45. The quantitative estimate of drug-likeness (QED) is 0.701. The molecule has 4 nitrogen and oxygen atoms in total. The third kappa shape index (κ3) is 2.72. The zero-order valence-electron chi connectivity index (χ0n) is 8.17. The maximum absolute atomic E-state index is 11.3. The van der Waals surface area contributed by atoms with E-state index in [-0.39, 0.29) is 17.9 Å². The number of amides is 2. The van der Waals surface area contributed by atoms with Crippen LogP contribution in [0.1, 0.15) is 26.7 Å². The lowest BCUT2D eigenvalue weighted by Crippen LogP contribution is -2.30. The predicted molar refractivity (Wildman–Crippen MR) is 49.5 cm³/mol. The molecule has 13 heavy (non-hydrogen) atoms. The number of urea groups is 1. The van der Waals surface area contributed by atoms with Crippen molar-refractivity contribution in [3.63, 3.8) is 0 Å². The maximum atomic E-state index is 11.3. The van der Waals surface area contributed by atoms with Crippen molar-refractivity contribution in [2.45, 2.75) is 32.7 Å². The number of carbonyl (C=O) groups excluding carboxylic acids is 2. The average molecular weight is 184 g/mol. The van der Waals surface area contributed by atoms with E-state index in [1.807, 2.05) is 6.92 Å². The molecule has 74 valence electrons. The Bertz CT molecular complexity index is 216. The Balaban J connectivity index is 2.35. The second kappa shape index (κ2) is 4.25. The molecule has 1 aliphatic heterocycles. The molecule has 1 rings (SSSR count). The van der Waals surface area contributed by atoms with E-state index in [2.05, 4.69) is 5.32 Å². The van der Waals surface area contributed by atoms with Crippen LogP contribution in [0.3, 0.4) is 0 Å². The number of Topliss-reactive ketones (excluding diaryl/α,β-unsaturated/α-hetero) is 1. The number of ketones is 1. The molecule has 0 aromatic carbocycles. The van der Waals surface area contributed by atoms with E-state index in [0.717, 1.165) is 13.0 Å². The highest BCUT2D eigenvalue weighted by molar-refractivity contribution is 5.79. The van der Waals surface area contributed by atoms with Gasteiger partial charge in [0.15, 0.2) is 0 Å². The van der Waals surface area contributed by atoms with Gasteiger partial charge in [-0.15, -0.1) is 0 Å². The van der Waals surface area contributed by atoms with Crippen molar-refractivity contribution in [1.82, 2.24) is 10.2 Å². The monoisotopic (exact) mass is 184 g/mol. The summed E-state index contributed by atoms with van der Waals surface area (Å²) in [6.07, 6.45) is 1.41. The van der Waals surface area contributed by atoms with Crippen LogP contribution in [0, 0.1) is 0 Å². The van der Waals surface area contributed by atoms with Crippen LogP contribution in [0.15, 0.2) is 0 Å². The summed E-state index contributed by atoms with van der Waals surface area (Å²) in [5, 5.41) is 2.85. The van der Waals surface area contributed by atoms with Gasteiger partial charge in [-0.2, -0.15) is 0 Å². The van der Waals surface area contributed by atoms with Gasteiger partial charge in [-0.1, -0.05) is 6.92 Å². The minimum atomic E-state index is -0.0342. The van der Waals surface area contributed by atoms with Crippen molar-refractivity contribution in [3.05, 3.63) is 0 Å². The molecule has 0 bridgehead atoms. The molecule has 1 aliphatic rings. The van der Waals surface area contributed by atoms with E-state index in [4.69, 9.17) is 0 Å². The van der Waals surface area contributed by atoms with Gasteiger partial charge in [-0.05, 0) is 13.3 Å². The lowest BCUT2D eigenvalue weighted by molar-refractivity contribution is -0.117. The van der Waals surface area contributed by atoms with E-state index >= 15 is 0 Å². The Morgan fingerprint density at radius 1 is 1.69 bits per heavy atom. The Labute approximate surface area is 78.3 Å². The van der Waals surface area contributed by atoms with Crippen LogP contribution in [-0.4, -0.2) is 35.8 Å². The summed E-state index contributed by atoms with van der Waals surface area (Å²) in [7, 11) is 0. The van der Waals surface area contributed by atoms with Crippen LogP contribution in [0.2, 0.25) is 0 Å². The van der Waals surface area contributed by atoms with Crippen LogP contribution >= 0.6 is 0 Å². The van der Waals surface area contributed by atoms with E-state index in [1.165, 1.54) is 0 Å². The molecule has 0 spiro atoms. The number of carbonyl (C=O) groups is 2. The first-order chi connectivity index (χ1) is 6.13. The lowest BCUT2D eigenvalue weighted by Gasteiger charge is -2.12. The molecule has 1 heterocycles. The van der Waals surface area contributed by atoms with Gasteiger partial charge in [0, 0.05) is 25.6 Å². The molecule has 0 aliphatic carbocycles. The molecule has 0 aromatic rings. The largest absolute Gasteiger partial charge is 0.333 e. The highest BCUT2D eigenvalue weighted by Gasteiger charge is 2.26. The van der Waals surface area contributed by atoms with Crippen LogP contribution in [-0.2, 0) is 4.79 Å². The fourth-order valence-corrected chi connectivity index (χ4v) is 1.38. The van der Waals surface area contributed by atoms with Crippen LogP contribution in [0.25, 0.3) is 0 Å². The summed E-state index contributed by atoms with van der Waals surface area (Å²) in [5.74, 6) is 0.132. The Hall–Kier alpha value is -1.06. The summed E-state index contributed by atoms with van der Waals surface area (Å²) in [5.41, 5.74) is 0. The summed E-state index contributed by atoms with van der Waals surface area (Å²) < 4.78 is 0. The third-order valence-corrected chi connectivity index (χ3v) is 2.28. The van der Waals surface area contributed by atoms with E-state index in [0.29, 0.717) is 13.0 Å². The van der Waals surface area contributed by atoms with Crippen molar-refractivity contribution < 1.29 is 9.59 Å². The third-order valence-electron chi connectivity index (χ3n) is 2.28. The first-order valence-electron chi connectivity index (χ1n) is 4.68. The van der Waals surface area contributed by atoms with Gasteiger partial charge in [0.2, 0.25) is 0 Å². The molecule has 1 atom stereocenters. The highest BCUT2D eigenvalue weighted by Crippen LogP contribution is 2.07. The van der Waals surface area contributed by atoms with Crippen molar-refractivity contribution in [2.75, 3.05) is 13.1 Å². The molecule has 0 aromatic heterocycles. The van der Waals surface area contributed by atoms with Crippen molar-refractivity contribution in [3.8, 4) is 0 Å². The van der Waals surface area contributed by atoms with E-state index in [9.17, 15) is 9.59 Å². The van der Waals surface area contributed by atoms with Gasteiger partial charge >= 0.3 is 6.03 Å². The standard InChI is InChI=1S/C9H16N2O2/c1-3-8-6-11(9(13)10-8)5-4-7(2)12/h8H,3-6H2,1-2H3,(H,10,13). The fraction of sp³-hybridized carbons (Fsp3) is 0.778. The SMILES string of the molecule is CCC1CN(CCC(C)=O)C(=O)N1. The van der Waals surface area contributed by atoms with Gasteiger partial charge in [0.05, 0.1) is 0 Å². The molecule has 0 radical (unpaired) electrons. The Kier molecular flexibility index (Phi) is 3.28. The summed E-state index contributed by atoms with van der Waals surface area (Å²) in [6, 6.07) is 0.229. The molecule has 0 saturated carbocycles. The number of hydrogen-bond acceptors (Lipinski definition) is 2. The number of rotatable bonds is 4. The van der Waals surface area contributed by atoms with Gasteiger partial charge in [0.25, 0.3) is 0 Å². The van der Waals surface area contributed by atoms with Crippen LogP contribution < -0.4 is 5.32 Å². The second-order valence-electron chi connectivity index (χ2n) is 3.45. The number of hydrogen-bond donors (Lipinski definition) is 1. The topological polar surface area (TPSA) is 49.4 Å². The molecule has 2 amide bonds. The minimum absolute atomic E-state index is 0.0342. The average Bonchev–Trinajstić information content (AvgIpc) is 2.43. The van der Waals surface area contributed by atoms with Gasteiger partial charge in [-0.25, -0.2) is 4.79 Å². The number of nitrogens with one attached hydrogen (secondary N) is 1. The molecule has 1 unspecified atom stereocenters. The lowest BCUT2D eigenvalue weighted by atomic mass is 10.2. The highest BCUT2D eigenvalue weighted by atomic mass is 16.2. The van der Waals surface area contributed by atoms with Crippen molar-refractivity contribution in [2.24, 2.45) is 0 Å². The smallest absolute Gasteiger partial charge is 0.317 e. The van der Waals surface area contributed by atoms with Crippen molar-refractivity contribution >= 4 is 11.8 Å². The Morgan fingerprint density at radius 3 is 2.85 bits per heavy atom. The zero-order valence-corrected chi connectivity index (χ0v) is 8.17. The van der Waals surface area contributed by atoms with Crippen LogP contribution in [0.4, 0.5) is 4.79 Å². The van der Waals surface area contributed by atoms with Gasteiger partial charge in [0.1, 0.15) is 5.78 Å². The normalized spacial score (nSPS) is 21.8. The van der Waals surface area contributed by atoms with Gasteiger partial charge in [-0.3, -0.25) is 4.79 Å². The fourth-order valence-electron chi connectivity index (χ4n) is 1.38. The molecule has 1 N–H and O–H groups in total. The van der Waals surface area contributed by atoms with Crippen molar-refractivity contribution in [1.29, 1.82) is 0 Å². The Morgan fingerprint density at radius 2 is 2.38 bits per heavy atom. The minimum Gasteiger partial charge on any atom is -0.333 e. The summed E-state index contributed by atoms with van der Waals surface area (Å²) in [4.78, 5) is 23.7. The predicted octanol–water partition coefficient (Wildman–Crippen LogP) is 0.769. The molecular weight excluding hydrogens is 168 g/mol. The molecule has 1 saturated heterocycles. The maximum Gasteiger partial charge on any atom is 0.317 e. The molecule has 1 fully saturated rings. The first-order valence-corrected chi connectivity index (χ1v) is 4.68. The van der Waals surface area contributed by atoms with E-state index < -0.39 is 0 Å². The summed E-state index contributed by atoms with van der Waals surface area (Å²) in [6.45, 7) is 4.88. The van der Waals surface area contributed by atoms with E-state index in [1.54, 1.807) is 11.8 Å². The zero-order chi connectivity index (χ0) is 9.84. The molecular formula is C9H16N2O2. The van der Waals surface area contributed by atoms with Crippen LogP contribution in [0.5, 0.6) is 0 Å². The number of nitrogens with zero attached hydrogens (tertiary/aromatic N) is 1. The first kappa shape index (κ1) is 10.0.